The summed E-state index contributed by atoms with van der Waals surface area (Å²) in [6.07, 6.45) is 1.57. The molecule has 0 fully saturated rings. The zero-order valence-corrected chi connectivity index (χ0v) is 16.6. The van der Waals surface area contributed by atoms with Crippen LogP contribution in [0.3, 0.4) is 0 Å². The van der Waals surface area contributed by atoms with E-state index in [4.69, 9.17) is 9.47 Å². The van der Waals surface area contributed by atoms with Gasteiger partial charge in [0, 0.05) is 28.3 Å². The minimum absolute atomic E-state index is 0.197. The molecule has 6 nitrogen and oxygen atoms in total. The van der Waals surface area contributed by atoms with Crippen LogP contribution in [0.1, 0.15) is 10.4 Å². The Morgan fingerprint density at radius 2 is 1.37 bits per heavy atom. The van der Waals surface area contributed by atoms with Gasteiger partial charge in [-0.3, -0.25) is 14.2 Å². The topological polar surface area (TPSA) is 69.6 Å². The van der Waals surface area contributed by atoms with E-state index in [1.54, 1.807) is 87.1 Å². The van der Waals surface area contributed by atoms with Crippen molar-refractivity contribution in [2.75, 3.05) is 19.5 Å². The van der Waals surface area contributed by atoms with Crippen molar-refractivity contribution in [2.45, 2.75) is 0 Å². The highest BCUT2D eigenvalue weighted by molar-refractivity contribution is 6.12. The van der Waals surface area contributed by atoms with E-state index < -0.39 is 0 Å². The molecule has 30 heavy (non-hydrogen) atoms. The second-order valence-electron chi connectivity index (χ2n) is 6.64. The van der Waals surface area contributed by atoms with Crippen molar-refractivity contribution in [3.63, 3.8) is 0 Å². The third-order valence-corrected chi connectivity index (χ3v) is 4.87. The van der Waals surface area contributed by atoms with E-state index in [9.17, 15) is 9.59 Å². The minimum Gasteiger partial charge on any atom is -0.497 e. The van der Waals surface area contributed by atoms with Gasteiger partial charge < -0.3 is 14.8 Å². The predicted octanol–water partition coefficient (Wildman–Crippen LogP) is 4.26. The quantitative estimate of drug-likeness (QED) is 0.543. The van der Waals surface area contributed by atoms with Gasteiger partial charge in [0.1, 0.15) is 11.5 Å². The number of fused-ring (bicyclic) bond motifs is 1. The molecule has 0 aliphatic rings. The molecule has 1 heterocycles. The second kappa shape index (κ2) is 8.13. The summed E-state index contributed by atoms with van der Waals surface area (Å²) in [7, 11) is 3.17. The lowest BCUT2D eigenvalue weighted by atomic mass is 10.1. The average molecular weight is 400 g/mol. The van der Waals surface area contributed by atoms with Gasteiger partial charge in [-0.05, 0) is 54.6 Å². The molecule has 150 valence electrons. The van der Waals surface area contributed by atoms with Crippen LogP contribution in [0.2, 0.25) is 0 Å². The molecule has 0 aliphatic heterocycles. The van der Waals surface area contributed by atoms with Crippen LogP contribution in [0.4, 0.5) is 5.69 Å². The maximum absolute atomic E-state index is 13.1. The Bertz CT molecular complexity index is 1260. The molecule has 0 bridgehead atoms. The predicted molar refractivity (Wildman–Crippen MR) is 117 cm³/mol. The highest BCUT2D eigenvalue weighted by Crippen LogP contribution is 2.21. The summed E-state index contributed by atoms with van der Waals surface area (Å²) in [6.45, 7) is 0. The van der Waals surface area contributed by atoms with Crippen LogP contribution in [0.25, 0.3) is 16.5 Å². The summed E-state index contributed by atoms with van der Waals surface area (Å²) in [6, 6.07) is 21.3. The van der Waals surface area contributed by atoms with E-state index in [0.717, 1.165) is 0 Å². The molecule has 4 aromatic rings. The highest BCUT2D eigenvalue weighted by Gasteiger charge is 2.16. The fourth-order valence-corrected chi connectivity index (χ4v) is 3.28. The molecule has 0 saturated carbocycles. The number of hydrogen-bond acceptors (Lipinski definition) is 4. The van der Waals surface area contributed by atoms with Gasteiger partial charge in [-0.25, -0.2) is 0 Å². The van der Waals surface area contributed by atoms with Gasteiger partial charge >= 0.3 is 0 Å². The van der Waals surface area contributed by atoms with Crippen LogP contribution in [0.15, 0.2) is 83.8 Å². The zero-order chi connectivity index (χ0) is 21.1. The Labute approximate surface area is 173 Å². The lowest BCUT2D eigenvalue weighted by Crippen LogP contribution is -2.22. The Kier molecular flexibility index (Phi) is 5.22. The number of nitrogens with one attached hydrogen (secondary N) is 1. The molecule has 1 aromatic heterocycles. The number of methoxy groups -OCH3 is 2. The molecular weight excluding hydrogens is 380 g/mol. The number of amides is 1. The fourth-order valence-electron chi connectivity index (χ4n) is 3.28. The van der Waals surface area contributed by atoms with E-state index in [1.807, 2.05) is 6.07 Å². The van der Waals surface area contributed by atoms with E-state index in [1.165, 1.54) is 4.57 Å². The number of pyridine rings is 1. The zero-order valence-electron chi connectivity index (χ0n) is 16.6. The molecule has 6 heteroatoms. The molecule has 0 saturated heterocycles. The molecule has 4 rings (SSSR count). The number of carbonyl (C=O) groups excluding carboxylic acids is 1. The second-order valence-corrected chi connectivity index (χ2v) is 6.64. The summed E-state index contributed by atoms with van der Waals surface area (Å²) in [5, 5.41) is 3.95. The van der Waals surface area contributed by atoms with Crippen molar-refractivity contribution in [1.82, 2.24) is 4.57 Å². The van der Waals surface area contributed by atoms with Gasteiger partial charge in [0.05, 0.1) is 19.8 Å². The Balaban J connectivity index is 1.80. The maximum atomic E-state index is 13.1. The molecule has 1 N–H and O–H groups in total. The van der Waals surface area contributed by atoms with Crippen LogP contribution >= 0.6 is 0 Å². The monoisotopic (exact) mass is 400 g/mol. The van der Waals surface area contributed by atoms with Crippen LogP contribution in [0.5, 0.6) is 11.5 Å². The number of ether oxygens (including phenoxy) is 2. The van der Waals surface area contributed by atoms with Gasteiger partial charge in [-0.2, -0.15) is 0 Å². The first kappa shape index (κ1) is 19.3. The van der Waals surface area contributed by atoms with Crippen LogP contribution in [-0.4, -0.2) is 24.7 Å². The van der Waals surface area contributed by atoms with Crippen molar-refractivity contribution < 1.29 is 14.3 Å². The van der Waals surface area contributed by atoms with Gasteiger partial charge in [-0.1, -0.05) is 18.2 Å². The Hall–Kier alpha value is -4.06. The number of carbonyl (C=O) groups is 1. The van der Waals surface area contributed by atoms with Crippen molar-refractivity contribution in [3.05, 3.63) is 94.9 Å². The number of aromatic nitrogens is 1. The number of nitrogens with zero attached hydrogens (tertiary/aromatic N) is 1. The van der Waals surface area contributed by atoms with Crippen LogP contribution < -0.4 is 20.3 Å². The number of benzene rings is 3. The highest BCUT2D eigenvalue weighted by atomic mass is 16.5. The normalized spacial score (nSPS) is 10.6. The van der Waals surface area contributed by atoms with Crippen LogP contribution in [0, 0.1) is 0 Å². The first-order valence-electron chi connectivity index (χ1n) is 9.35. The summed E-state index contributed by atoms with van der Waals surface area (Å²) in [5.41, 5.74) is 1.48. The van der Waals surface area contributed by atoms with Crippen molar-refractivity contribution in [3.8, 4) is 17.2 Å². The summed E-state index contributed by atoms with van der Waals surface area (Å²) >= 11 is 0. The minimum atomic E-state index is -0.307. The summed E-state index contributed by atoms with van der Waals surface area (Å²) < 4.78 is 11.8. The van der Waals surface area contributed by atoms with E-state index >= 15 is 0 Å². The molecule has 0 spiro atoms. The van der Waals surface area contributed by atoms with E-state index in [2.05, 4.69) is 5.32 Å². The maximum Gasteiger partial charge on any atom is 0.262 e. The molecular formula is C24H20N2O4. The lowest BCUT2D eigenvalue weighted by molar-refractivity contribution is 0.102. The van der Waals surface area contributed by atoms with Gasteiger partial charge in [0.25, 0.3) is 11.5 Å². The molecule has 0 aliphatic carbocycles. The van der Waals surface area contributed by atoms with Crippen LogP contribution in [-0.2, 0) is 0 Å². The number of hydrogen-bond donors (Lipinski definition) is 1. The van der Waals surface area contributed by atoms with Crippen molar-refractivity contribution in [1.29, 1.82) is 0 Å². The standard InChI is InChI=1S/C24H20N2O4/c1-29-18-11-7-16(8-12-18)25-23(27)22-15-26(17-9-13-19(30-2)14-10-17)24(28)21-6-4-3-5-20(21)22/h3-15H,1-2H3,(H,25,27). The first-order valence-corrected chi connectivity index (χ1v) is 9.35. The smallest absolute Gasteiger partial charge is 0.262 e. The van der Waals surface area contributed by atoms with E-state index in [-0.39, 0.29) is 11.5 Å². The number of rotatable bonds is 5. The SMILES string of the molecule is COc1ccc(NC(=O)c2cn(-c3ccc(OC)cc3)c(=O)c3ccccc23)cc1. The largest absolute Gasteiger partial charge is 0.497 e. The molecule has 1 amide bonds. The summed E-state index contributed by atoms with van der Waals surface area (Å²) in [4.78, 5) is 26.2. The molecule has 3 aromatic carbocycles. The average Bonchev–Trinajstić information content (AvgIpc) is 2.80. The van der Waals surface area contributed by atoms with Gasteiger partial charge in [-0.15, -0.1) is 0 Å². The third-order valence-electron chi connectivity index (χ3n) is 4.87. The molecule has 0 atom stereocenters. The van der Waals surface area contributed by atoms with Crippen molar-refractivity contribution in [2.24, 2.45) is 0 Å². The Morgan fingerprint density at radius 1 is 0.800 bits per heavy atom. The number of anilines is 1. The van der Waals surface area contributed by atoms with E-state index in [0.29, 0.717) is 39.2 Å². The first-order chi connectivity index (χ1) is 14.6. The van der Waals surface area contributed by atoms with Gasteiger partial charge in [0.2, 0.25) is 0 Å². The van der Waals surface area contributed by atoms with Gasteiger partial charge in [0.15, 0.2) is 0 Å². The third kappa shape index (κ3) is 3.63. The lowest BCUT2D eigenvalue weighted by Gasteiger charge is -2.13. The molecule has 0 radical (unpaired) electrons. The van der Waals surface area contributed by atoms with Crippen molar-refractivity contribution >= 4 is 22.4 Å². The summed E-state index contributed by atoms with van der Waals surface area (Å²) in [5.74, 6) is 1.08. The fraction of sp³-hybridized carbons (Fsp3) is 0.0833. The Morgan fingerprint density at radius 3 is 1.97 bits per heavy atom. The molecule has 0 unspecified atom stereocenters.